The maximum Gasteiger partial charge on any atom is 0.260 e. The lowest BCUT2D eigenvalue weighted by Crippen LogP contribution is -2.43. The summed E-state index contributed by atoms with van der Waals surface area (Å²) in [4.78, 5) is 14.2. The van der Waals surface area contributed by atoms with Crippen LogP contribution in [-0.4, -0.2) is 37.1 Å². The summed E-state index contributed by atoms with van der Waals surface area (Å²) >= 11 is 0. The van der Waals surface area contributed by atoms with Crippen molar-refractivity contribution in [3.63, 3.8) is 0 Å². The molecular formula is C20H22FNO3. The monoisotopic (exact) mass is 343 g/mol. The Hall–Kier alpha value is -2.40. The van der Waals surface area contributed by atoms with Crippen molar-refractivity contribution in [2.24, 2.45) is 0 Å². The van der Waals surface area contributed by atoms with Crippen molar-refractivity contribution in [2.45, 2.75) is 25.0 Å². The Kier molecular flexibility index (Phi) is 5.66. The first-order valence-electron chi connectivity index (χ1n) is 8.44. The third-order valence-electron chi connectivity index (χ3n) is 4.54. The van der Waals surface area contributed by atoms with E-state index in [1.807, 2.05) is 30.3 Å². The van der Waals surface area contributed by atoms with Crippen LogP contribution in [0.15, 0.2) is 54.6 Å². The fourth-order valence-corrected chi connectivity index (χ4v) is 3.01. The molecule has 0 spiro atoms. The molecular weight excluding hydrogens is 321 g/mol. The molecule has 3 rings (SSSR count). The fourth-order valence-electron chi connectivity index (χ4n) is 3.01. The van der Waals surface area contributed by atoms with Crippen LogP contribution in [0.25, 0.3) is 0 Å². The molecule has 4 nitrogen and oxygen atoms in total. The van der Waals surface area contributed by atoms with E-state index >= 15 is 0 Å². The van der Waals surface area contributed by atoms with Gasteiger partial charge in [-0.1, -0.05) is 30.3 Å². The van der Waals surface area contributed by atoms with E-state index in [1.165, 1.54) is 12.1 Å². The normalized spacial score (nSPS) is 20.1. The molecule has 0 saturated carbocycles. The minimum absolute atomic E-state index is 0.0130. The van der Waals surface area contributed by atoms with Crippen LogP contribution in [0.1, 0.15) is 24.5 Å². The standard InChI is InChI=1S/C20H22FNO3/c1-22(20(23)14-25-18-5-3-2-4-6-18)17-11-12-24-19(13-17)15-7-9-16(21)10-8-15/h2-10,17,19H,11-14H2,1H3. The van der Waals surface area contributed by atoms with Crippen LogP contribution in [0, 0.1) is 5.82 Å². The van der Waals surface area contributed by atoms with Gasteiger partial charge in [0.05, 0.1) is 6.10 Å². The van der Waals surface area contributed by atoms with E-state index in [9.17, 15) is 9.18 Å². The molecule has 132 valence electrons. The number of para-hydroxylation sites is 1. The lowest BCUT2D eigenvalue weighted by molar-refractivity contribution is -0.137. The number of ether oxygens (including phenoxy) is 2. The van der Waals surface area contributed by atoms with Gasteiger partial charge in [0.25, 0.3) is 5.91 Å². The summed E-state index contributed by atoms with van der Waals surface area (Å²) in [7, 11) is 1.80. The van der Waals surface area contributed by atoms with Crippen LogP contribution < -0.4 is 4.74 Å². The first-order valence-corrected chi connectivity index (χ1v) is 8.44. The van der Waals surface area contributed by atoms with Crippen molar-refractivity contribution < 1.29 is 18.7 Å². The van der Waals surface area contributed by atoms with Crippen LogP contribution in [0.4, 0.5) is 4.39 Å². The van der Waals surface area contributed by atoms with E-state index in [2.05, 4.69) is 0 Å². The van der Waals surface area contributed by atoms with E-state index in [0.717, 1.165) is 12.0 Å². The molecule has 1 heterocycles. The van der Waals surface area contributed by atoms with Gasteiger partial charge in [0.2, 0.25) is 0 Å². The molecule has 5 heteroatoms. The first-order chi connectivity index (χ1) is 12.1. The van der Waals surface area contributed by atoms with E-state index in [0.29, 0.717) is 18.8 Å². The van der Waals surface area contributed by atoms with Gasteiger partial charge in [-0.05, 0) is 42.7 Å². The zero-order valence-corrected chi connectivity index (χ0v) is 14.2. The van der Waals surface area contributed by atoms with E-state index in [1.54, 1.807) is 24.1 Å². The molecule has 2 aromatic carbocycles. The summed E-state index contributed by atoms with van der Waals surface area (Å²) in [5.74, 6) is 0.357. The summed E-state index contributed by atoms with van der Waals surface area (Å²) in [6.45, 7) is 0.586. The van der Waals surface area contributed by atoms with Gasteiger partial charge in [0.15, 0.2) is 6.61 Å². The average molecular weight is 343 g/mol. The highest BCUT2D eigenvalue weighted by Gasteiger charge is 2.29. The molecule has 0 aliphatic carbocycles. The summed E-state index contributed by atoms with van der Waals surface area (Å²) in [6, 6.07) is 15.7. The fraction of sp³-hybridized carbons (Fsp3) is 0.350. The minimum Gasteiger partial charge on any atom is -0.484 e. The Morgan fingerprint density at radius 2 is 1.92 bits per heavy atom. The molecule has 2 aromatic rings. The van der Waals surface area contributed by atoms with Crippen molar-refractivity contribution in [3.05, 3.63) is 66.0 Å². The zero-order chi connectivity index (χ0) is 17.6. The van der Waals surface area contributed by atoms with Crippen LogP contribution in [-0.2, 0) is 9.53 Å². The van der Waals surface area contributed by atoms with Gasteiger partial charge in [-0.15, -0.1) is 0 Å². The molecule has 1 aliphatic heterocycles. The number of benzene rings is 2. The summed E-state index contributed by atoms with van der Waals surface area (Å²) in [6.07, 6.45) is 1.36. The predicted molar refractivity (Wildman–Crippen MR) is 92.8 cm³/mol. The van der Waals surface area contributed by atoms with Gasteiger partial charge in [-0.25, -0.2) is 4.39 Å². The second kappa shape index (κ2) is 8.12. The third kappa shape index (κ3) is 4.57. The molecule has 25 heavy (non-hydrogen) atoms. The molecule has 0 bridgehead atoms. The number of nitrogens with zero attached hydrogens (tertiary/aromatic N) is 1. The quantitative estimate of drug-likeness (QED) is 0.833. The smallest absolute Gasteiger partial charge is 0.260 e. The highest BCUT2D eigenvalue weighted by Crippen LogP contribution is 2.30. The van der Waals surface area contributed by atoms with Crippen LogP contribution in [0.5, 0.6) is 5.75 Å². The highest BCUT2D eigenvalue weighted by molar-refractivity contribution is 5.77. The minimum atomic E-state index is -0.263. The second-order valence-electron chi connectivity index (χ2n) is 6.20. The van der Waals surface area contributed by atoms with Gasteiger partial charge in [0, 0.05) is 19.7 Å². The molecule has 1 amide bonds. The average Bonchev–Trinajstić information content (AvgIpc) is 2.67. The topological polar surface area (TPSA) is 38.8 Å². The lowest BCUT2D eigenvalue weighted by atomic mass is 9.96. The lowest BCUT2D eigenvalue weighted by Gasteiger charge is -2.35. The Morgan fingerprint density at radius 1 is 1.20 bits per heavy atom. The van der Waals surface area contributed by atoms with Crippen LogP contribution >= 0.6 is 0 Å². The third-order valence-corrected chi connectivity index (χ3v) is 4.54. The SMILES string of the molecule is CN(C(=O)COc1ccccc1)C1CCOC(c2ccc(F)cc2)C1. The molecule has 1 aliphatic rings. The number of amides is 1. The van der Waals surface area contributed by atoms with Gasteiger partial charge in [-0.2, -0.15) is 0 Å². The maximum atomic E-state index is 13.1. The highest BCUT2D eigenvalue weighted by atomic mass is 19.1. The Morgan fingerprint density at radius 3 is 2.64 bits per heavy atom. The first kappa shape index (κ1) is 17.4. The van der Waals surface area contributed by atoms with Crippen molar-refractivity contribution in [1.82, 2.24) is 4.90 Å². The van der Waals surface area contributed by atoms with Gasteiger partial charge in [0.1, 0.15) is 11.6 Å². The zero-order valence-electron chi connectivity index (χ0n) is 14.2. The van der Waals surface area contributed by atoms with Gasteiger partial charge < -0.3 is 14.4 Å². The van der Waals surface area contributed by atoms with Crippen molar-refractivity contribution >= 4 is 5.91 Å². The van der Waals surface area contributed by atoms with Crippen molar-refractivity contribution in [3.8, 4) is 5.75 Å². The molecule has 0 radical (unpaired) electrons. The van der Waals surface area contributed by atoms with Gasteiger partial charge >= 0.3 is 0 Å². The summed E-state index contributed by atoms with van der Waals surface area (Å²) in [5.41, 5.74) is 0.937. The van der Waals surface area contributed by atoms with Crippen LogP contribution in [0.3, 0.4) is 0 Å². The summed E-state index contributed by atoms with van der Waals surface area (Å²) < 4.78 is 24.4. The number of carbonyl (C=O) groups is 1. The van der Waals surface area contributed by atoms with Gasteiger partial charge in [-0.3, -0.25) is 4.79 Å². The summed E-state index contributed by atoms with van der Waals surface area (Å²) in [5, 5.41) is 0. The van der Waals surface area contributed by atoms with E-state index in [-0.39, 0.29) is 30.5 Å². The van der Waals surface area contributed by atoms with E-state index < -0.39 is 0 Å². The Balaban J connectivity index is 1.56. The molecule has 1 fully saturated rings. The van der Waals surface area contributed by atoms with Crippen molar-refractivity contribution in [2.75, 3.05) is 20.3 Å². The predicted octanol–water partition coefficient (Wildman–Crippen LogP) is 3.58. The number of halogens is 1. The number of rotatable bonds is 5. The van der Waals surface area contributed by atoms with Crippen LogP contribution in [0.2, 0.25) is 0 Å². The molecule has 1 saturated heterocycles. The van der Waals surface area contributed by atoms with E-state index in [4.69, 9.17) is 9.47 Å². The largest absolute Gasteiger partial charge is 0.484 e. The maximum absolute atomic E-state index is 13.1. The Bertz CT molecular complexity index is 690. The molecule has 0 aromatic heterocycles. The number of hydrogen-bond donors (Lipinski definition) is 0. The number of likely N-dealkylation sites (N-methyl/N-ethyl adjacent to an activating group) is 1. The second-order valence-corrected chi connectivity index (χ2v) is 6.20. The molecule has 0 N–H and O–H groups in total. The number of carbonyl (C=O) groups excluding carboxylic acids is 1. The Labute approximate surface area is 147 Å². The van der Waals surface area contributed by atoms with Crippen molar-refractivity contribution in [1.29, 1.82) is 0 Å². The number of hydrogen-bond acceptors (Lipinski definition) is 3. The molecule has 2 unspecified atom stereocenters. The molecule has 2 atom stereocenters.